The van der Waals surface area contributed by atoms with Crippen LogP contribution in [0.15, 0.2) is 36.7 Å². The molecule has 0 unspecified atom stereocenters. The van der Waals surface area contributed by atoms with Crippen molar-refractivity contribution in [2.24, 2.45) is 0 Å². The summed E-state index contributed by atoms with van der Waals surface area (Å²) >= 11 is 11.1. The van der Waals surface area contributed by atoms with Crippen LogP contribution in [0.1, 0.15) is 31.7 Å². The van der Waals surface area contributed by atoms with Gasteiger partial charge in [-0.1, -0.05) is 37.6 Å². The molecule has 0 fully saturated rings. The summed E-state index contributed by atoms with van der Waals surface area (Å²) < 4.78 is 1.78. The summed E-state index contributed by atoms with van der Waals surface area (Å²) in [5.74, 6) is 0.583. The lowest BCUT2D eigenvalue weighted by molar-refractivity contribution is 0.604. The van der Waals surface area contributed by atoms with Crippen LogP contribution in [0.3, 0.4) is 0 Å². The van der Waals surface area contributed by atoms with Gasteiger partial charge in [0.2, 0.25) is 0 Å². The van der Waals surface area contributed by atoms with Gasteiger partial charge in [0.25, 0.3) is 0 Å². The van der Waals surface area contributed by atoms with Gasteiger partial charge < -0.3 is 10.6 Å². The first-order valence-corrected chi connectivity index (χ1v) is 8.20. The summed E-state index contributed by atoms with van der Waals surface area (Å²) in [5.41, 5.74) is 2.34. The number of halogens is 1. The molecular formula is C16H21ClN4S. The summed E-state index contributed by atoms with van der Waals surface area (Å²) in [6, 6.07) is 8.40. The number of anilines is 1. The molecule has 6 heteroatoms. The van der Waals surface area contributed by atoms with Crippen LogP contribution in [0.25, 0.3) is 0 Å². The molecule has 0 aliphatic carbocycles. The average molecular weight is 337 g/mol. The minimum Gasteiger partial charge on any atom is -0.361 e. The Bertz CT molecular complexity index is 609. The van der Waals surface area contributed by atoms with E-state index in [-0.39, 0.29) is 0 Å². The Morgan fingerprint density at radius 1 is 1.36 bits per heavy atom. The van der Waals surface area contributed by atoms with Gasteiger partial charge in [-0.05, 0) is 42.3 Å². The van der Waals surface area contributed by atoms with E-state index in [1.165, 1.54) is 5.56 Å². The van der Waals surface area contributed by atoms with E-state index in [1.54, 1.807) is 17.1 Å². The standard InChI is InChI=1S/C16H21ClN4S/c1-3-12(2)13-4-6-15(7-5-13)20-16(22)18-8-9-21-11-14(17)10-19-21/h4-7,10-12H,3,8-9H2,1-2H3,(H2,18,20,22)/t12-/m1/s1. The predicted molar refractivity (Wildman–Crippen MR) is 96.6 cm³/mol. The van der Waals surface area contributed by atoms with Crippen LogP contribution < -0.4 is 10.6 Å². The predicted octanol–water partition coefficient (Wildman–Crippen LogP) is 4.04. The lowest BCUT2D eigenvalue weighted by atomic mass is 9.99. The quantitative estimate of drug-likeness (QED) is 0.781. The van der Waals surface area contributed by atoms with Gasteiger partial charge >= 0.3 is 0 Å². The molecule has 0 aliphatic rings. The van der Waals surface area contributed by atoms with Crippen LogP contribution in [0, 0.1) is 0 Å². The Labute approximate surface area is 141 Å². The fourth-order valence-electron chi connectivity index (χ4n) is 2.05. The van der Waals surface area contributed by atoms with Crippen LogP contribution >= 0.6 is 23.8 Å². The number of aromatic nitrogens is 2. The normalized spacial score (nSPS) is 12.0. The molecule has 1 aromatic carbocycles. The van der Waals surface area contributed by atoms with E-state index in [4.69, 9.17) is 23.8 Å². The van der Waals surface area contributed by atoms with Gasteiger partial charge in [0.15, 0.2) is 5.11 Å². The summed E-state index contributed by atoms with van der Waals surface area (Å²) in [5, 5.41) is 11.7. The van der Waals surface area contributed by atoms with Crippen molar-refractivity contribution in [2.45, 2.75) is 32.7 Å². The first-order chi connectivity index (χ1) is 10.6. The fourth-order valence-corrected chi connectivity index (χ4v) is 2.43. The van der Waals surface area contributed by atoms with E-state index < -0.39 is 0 Å². The van der Waals surface area contributed by atoms with Crippen molar-refractivity contribution in [3.05, 3.63) is 47.2 Å². The third kappa shape index (κ3) is 5.00. The van der Waals surface area contributed by atoms with E-state index in [9.17, 15) is 0 Å². The molecule has 118 valence electrons. The summed E-state index contributed by atoms with van der Waals surface area (Å²) in [4.78, 5) is 0. The van der Waals surface area contributed by atoms with Crippen LogP contribution in [-0.4, -0.2) is 21.4 Å². The van der Waals surface area contributed by atoms with Gasteiger partial charge in [-0.25, -0.2) is 0 Å². The summed E-state index contributed by atoms with van der Waals surface area (Å²) in [6.07, 6.45) is 4.55. The lowest BCUT2D eigenvalue weighted by Gasteiger charge is -2.13. The number of benzene rings is 1. The SMILES string of the molecule is CC[C@@H](C)c1ccc(NC(=S)NCCn2cc(Cl)cn2)cc1. The molecule has 22 heavy (non-hydrogen) atoms. The molecule has 1 atom stereocenters. The Morgan fingerprint density at radius 2 is 2.09 bits per heavy atom. The highest BCUT2D eigenvalue weighted by Crippen LogP contribution is 2.20. The smallest absolute Gasteiger partial charge is 0.170 e. The maximum Gasteiger partial charge on any atom is 0.170 e. The van der Waals surface area contributed by atoms with Crippen molar-refractivity contribution in [1.29, 1.82) is 0 Å². The van der Waals surface area contributed by atoms with Crippen molar-refractivity contribution >= 4 is 34.6 Å². The molecule has 4 nitrogen and oxygen atoms in total. The molecule has 2 aromatic rings. The zero-order valence-corrected chi connectivity index (χ0v) is 14.4. The maximum atomic E-state index is 5.81. The van der Waals surface area contributed by atoms with Crippen molar-refractivity contribution < 1.29 is 0 Å². The maximum absolute atomic E-state index is 5.81. The number of hydrogen-bond donors (Lipinski definition) is 2. The summed E-state index contributed by atoms with van der Waals surface area (Å²) in [6.45, 7) is 5.83. The molecule has 0 amide bonds. The average Bonchev–Trinajstić information content (AvgIpc) is 2.92. The summed E-state index contributed by atoms with van der Waals surface area (Å²) in [7, 11) is 0. The molecular weight excluding hydrogens is 316 g/mol. The minimum absolute atomic E-state index is 0.583. The van der Waals surface area contributed by atoms with E-state index in [0.29, 0.717) is 29.1 Å². The first-order valence-electron chi connectivity index (χ1n) is 7.41. The zero-order valence-electron chi connectivity index (χ0n) is 12.8. The van der Waals surface area contributed by atoms with Crippen molar-refractivity contribution in [3.8, 4) is 0 Å². The Hall–Kier alpha value is -1.59. The van der Waals surface area contributed by atoms with E-state index in [2.05, 4.69) is 53.8 Å². The van der Waals surface area contributed by atoms with Crippen LogP contribution in [0.5, 0.6) is 0 Å². The lowest BCUT2D eigenvalue weighted by Crippen LogP contribution is -2.31. The molecule has 2 rings (SSSR count). The third-order valence-electron chi connectivity index (χ3n) is 3.58. The number of rotatable bonds is 6. The number of nitrogens with zero attached hydrogens (tertiary/aromatic N) is 2. The highest BCUT2D eigenvalue weighted by molar-refractivity contribution is 7.80. The van der Waals surface area contributed by atoms with Crippen molar-refractivity contribution in [2.75, 3.05) is 11.9 Å². The molecule has 1 heterocycles. The van der Waals surface area contributed by atoms with E-state index >= 15 is 0 Å². The minimum atomic E-state index is 0.583. The third-order valence-corrected chi connectivity index (χ3v) is 4.02. The highest BCUT2D eigenvalue weighted by Gasteiger charge is 2.03. The monoisotopic (exact) mass is 336 g/mol. The first kappa shape index (κ1) is 16.8. The van der Waals surface area contributed by atoms with E-state index in [1.807, 2.05) is 0 Å². The van der Waals surface area contributed by atoms with Crippen molar-refractivity contribution in [3.63, 3.8) is 0 Å². The Kier molecular flexibility index (Phi) is 6.21. The molecule has 1 aromatic heterocycles. The topological polar surface area (TPSA) is 41.9 Å². The van der Waals surface area contributed by atoms with Gasteiger partial charge in [0.1, 0.15) is 0 Å². The molecule has 2 N–H and O–H groups in total. The largest absolute Gasteiger partial charge is 0.361 e. The van der Waals surface area contributed by atoms with Crippen LogP contribution in [-0.2, 0) is 6.54 Å². The molecule has 0 spiro atoms. The second-order valence-electron chi connectivity index (χ2n) is 5.23. The Morgan fingerprint density at radius 3 is 2.68 bits per heavy atom. The molecule has 0 saturated carbocycles. The number of nitrogens with one attached hydrogen (secondary N) is 2. The van der Waals surface area contributed by atoms with Crippen LogP contribution in [0.4, 0.5) is 5.69 Å². The second-order valence-corrected chi connectivity index (χ2v) is 6.08. The van der Waals surface area contributed by atoms with Gasteiger partial charge in [0, 0.05) is 18.4 Å². The second kappa shape index (κ2) is 8.15. The molecule has 0 aliphatic heterocycles. The van der Waals surface area contributed by atoms with E-state index in [0.717, 1.165) is 12.1 Å². The zero-order chi connectivity index (χ0) is 15.9. The van der Waals surface area contributed by atoms with Gasteiger partial charge in [-0.3, -0.25) is 4.68 Å². The molecule has 0 radical (unpaired) electrons. The highest BCUT2D eigenvalue weighted by atomic mass is 35.5. The van der Waals surface area contributed by atoms with Gasteiger partial charge in [0.05, 0.1) is 17.8 Å². The van der Waals surface area contributed by atoms with Gasteiger partial charge in [-0.2, -0.15) is 5.10 Å². The van der Waals surface area contributed by atoms with Crippen molar-refractivity contribution in [1.82, 2.24) is 15.1 Å². The number of hydrogen-bond acceptors (Lipinski definition) is 2. The fraction of sp³-hybridized carbons (Fsp3) is 0.375. The Balaban J connectivity index is 1.76. The molecule has 0 saturated heterocycles. The molecule has 0 bridgehead atoms. The van der Waals surface area contributed by atoms with Gasteiger partial charge in [-0.15, -0.1) is 0 Å². The van der Waals surface area contributed by atoms with Crippen LogP contribution in [0.2, 0.25) is 5.02 Å². The number of thiocarbonyl (C=S) groups is 1.